The smallest absolute Gasteiger partial charge is 0.124 e. The maximum Gasteiger partial charge on any atom is 0.124 e. The first-order valence-electron chi connectivity index (χ1n) is 6.64. The number of ether oxygens (including phenoxy) is 2. The Morgan fingerprint density at radius 3 is 2.72 bits per heavy atom. The van der Waals surface area contributed by atoms with Crippen LogP contribution in [0.2, 0.25) is 0 Å². The van der Waals surface area contributed by atoms with Crippen molar-refractivity contribution in [3.05, 3.63) is 29.3 Å². The van der Waals surface area contributed by atoms with E-state index in [1.807, 2.05) is 0 Å². The Labute approximate surface area is 110 Å². The molecule has 1 aromatic carbocycles. The molecular weight excluding hydrogens is 226 g/mol. The predicted molar refractivity (Wildman–Crippen MR) is 75.3 cm³/mol. The van der Waals surface area contributed by atoms with Gasteiger partial charge in [-0.1, -0.05) is 24.6 Å². The van der Waals surface area contributed by atoms with Crippen molar-refractivity contribution >= 4 is 0 Å². The minimum absolute atomic E-state index is 0.312. The molecule has 1 unspecified atom stereocenters. The summed E-state index contributed by atoms with van der Waals surface area (Å²) in [6.07, 6.45) is 0.916. The third kappa shape index (κ3) is 4.67. The standard InChI is InChI=1S/C15H25NO2/c1-5-16-13(3)14-11-12(2)7-8-15(14)18-10-6-9-17-4/h7-8,11,13,16H,5-6,9-10H2,1-4H3. The molecule has 1 N–H and O–H groups in total. The van der Waals surface area contributed by atoms with Gasteiger partial charge in [-0.05, 0) is 26.5 Å². The van der Waals surface area contributed by atoms with Gasteiger partial charge in [-0.2, -0.15) is 0 Å². The van der Waals surface area contributed by atoms with Crippen molar-refractivity contribution in [1.29, 1.82) is 0 Å². The zero-order valence-corrected chi connectivity index (χ0v) is 12.0. The van der Waals surface area contributed by atoms with Gasteiger partial charge in [-0.3, -0.25) is 0 Å². The highest BCUT2D eigenvalue weighted by molar-refractivity contribution is 5.38. The molecule has 0 saturated heterocycles. The van der Waals surface area contributed by atoms with Crippen molar-refractivity contribution in [3.8, 4) is 5.75 Å². The van der Waals surface area contributed by atoms with Gasteiger partial charge in [0.2, 0.25) is 0 Å². The van der Waals surface area contributed by atoms with Crippen molar-refractivity contribution in [3.63, 3.8) is 0 Å². The minimum atomic E-state index is 0.312. The Hall–Kier alpha value is -1.06. The van der Waals surface area contributed by atoms with Crippen LogP contribution in [-0.4, -0.2) is 26.9 Å². The predicted octanol–water partition coefficient (Wildman–Crippen LogP) is 3.08. The lowest BCUT2D eigenvalue weighted by Crippen LogP contribution is -2.19. The van der Waals surface area contributed by atoms with Crippen molar-refractivity contribution in [2.24, 2.45) is 0 Å². The molecule has 1 aromatic rings. The van der Waals surface area contributed by atoms with Gasteiger partial charge in [-0.15, -0.1) is 0 Å². The molecule has 0 aromatic heterocycles. The van der Waals surface area contributed by atoms with Crippen LogP contribution in [0.4, 0.5) is 0 Å². The summed E-state index contributed by atoms with van der Waals surface area (Å²) >= 11 is 0. The van der Waals surface area contributed by atoms with Crippen molar-refractivity contribution < 1.29 is 9.47 Å². The van der Waals surface area contributed by atoms with E-state index in [1.165, 1.54) is 11.1 Å². The quantitative estimate of drug-likeness (QED) is 0.720. The van der Waals surface area contributed by atoms with E-state index >= 15 is 0 Å². The second kappa shape index (κ2) is 8.11. The molecule has 0 spiro atoms. The van der Waals surface area contributed by atoms with Gasteiger partial charge in [0, 0.05) is 31.7 Å². The Morgan fingerprint density at radius 2 is 2.06 bits per heavy atom. The molecule has 0 aliphatic carbocycles. The zero-order valence-electron chi connectivity index (χ0n) is 12.0. The number of methoxy groups -OCH3 is 1. The van der Waals surface area contributed by atoms with E-state index in [-0.39, 0.29) is 0 Å². The Balaban J connectivity index is 2.70. The average molecular weight is 251 g/mol. The van der Waals surface area contributed by atoms with Gasteiger partial charge < -0.3 is 14.8 Å². The van der Waals surface area contributed by atoms with Crippen LogP contribution in [0.5, 0.6) is 5.75 Å². The third-order valence-electron chi connectivity index (χ3n) is 2.89. The lowest BCUT2D eigenvalue weighted by atomic mass is 10.0. The van der Waals surface area contributed by atoms with Gasteiger partial charge in [-0.25, -0.2) is 0 Å². The molecule has 1 rings (SSSR count). The molecule has 0 aliphatic heterocycles. The van der Waals surface area contributed by atoms with Gasteiger partial charge in [0.15, 0.2) is 0 Å². The number of hydrogen-bond acceptors (Lipinski definition) is 3. The highest BCUT2D eigenvalue weighted by Crippen LogP contribution is 2.26. The Morgan fingerprint density at radius 1 is 1.28 bits per heavy atom. The molecule has 102 valence electrons. The van der Waals surface area contributed by atoms with Crippen molar-refractivity contribution in [2.75, 3.05) is 26.9 Å². The molecule has 0 radical (unpaired) electrons. The molecule has 1 atom stereocenters. The van der Waals surface area contributed by atoms with E-state index in [9.17, 15) is 0 Å². The maximum atomic E-state index is 5.84. The van der Waals surface area contributed by atoms with Crippen LogP contribution in [0.15, 0.2) is 18.2 Å². The van der Waals surface area contributed by atoms with Crippen LogP contribution in [0.3, 0.4) is 0 Å². The van der Waals surface area contributed by atoms with E-state index in [1.54, 1.807) is 7.11 Å². The van der Waals surface area contributed by atoms with Crippen molar-refractivity contribution in [2.45, 2.75) is 33.2 Å². The molecule has 0 heterocycles. The minimum Gasteiger partial charge on any atom is -0.493 e. The van der Waals surface area contributed by atoms with E-state index in [0.717, 1.165) is 25.3 Å². The highest BCUT2D eigenvalue weighted by Gasteiger charge is 2.10. The van der Waals surface area contributed by atoms with Crippen LogP contribution >= 0.6 is 0 Å². The van der Waals surface area contributed by atoms with E-state index < -0.39 is 0 Å². The summed E-state index contributed by atoms with van der Waals surface area (Å²) in [5.41, 5.74) is 2.49. The second-order valence-corrected chi connectivity index (χ2v) is 4.52. The normalized spacial score (nSPS) is 12.4. The van der Waals surface area contributed by atoms with Crippen LogP contribution < -0.4 is 10.1 Å². The topological polar surface area (TPSA) is 30.5 Å². The fourth-order valence-electron chi connectivity index (χ4n) is 1.94. The number of nitrogens with one attached hydrogen (secondary N) is 1. The van der Waals surface area contributed by atoms with E-state index in [0.29, 0.717) is 12.6 Å². The fourth-order valence-corrected chi connectivity index (χ4v) is 1.94. The number of benzene rings is 1. The third-order valence-corrected chi connectivity index (χ3v) is 2.89. The second-order valence-electron chi connectivity index (χ2n) is 4.52. The molecule has 0 amide bonds. The molecular formula is C15H25NO2. The van der Waals surface area contributed by atoms with E-state index in [2.05, 4.69) is 44.3 Å². The Bertz CT molecular complexity index is 352. The lowest BCUT2D eigenvalue weighted by molar-refractivity contribution is 0.171. The van der Waals surface area contributed by atoms with Crippen LogP contribution in [0.1, 0.15) is 37.4 Å². The summed E-state index contributed by atoms with van der Waals surface area (Å²) in [4.78, 5) is 0. The van der Waals surface area contributed by atoms with Gasteiger partial charge in [0.05, 0.1) is 6.61 Å². The zero-order chi connectivity index (χ0) is 13.4. The summed E-state index contributed by atoms with van der Waals surface area (Å²) in [5.74, 6) is 0.977. The highest BCUT2D eigenvalue weighted by atomic mass is 16.5. The lowest BCUT2D eigenvalue weighted by Gasteiger charge is -2.18. The van der Waals surface area contributed by atoms with E-state index in [4.69, 9.17) is 9.47 Å². The average Bonchev–Trinajstić information content (AvgIpc) is 2.36. The number of hydrogen-bond donors (Lipinski definition) is 1. The largest absolute Gasteiger partial charge is 0.493 e. The Kier molecular flexibility index (Phi) is 6.76. The van der Waals surface area contributed by atoms with Crippen molar-refractivity contribution in [1.82, 2.24) is 5.32 Å². The first kappa shape index (κ1) is 15.0. The number of aryl methyl sites for hydroxylation is 1. The first-order chi connectivity index (χ1) is 8.69. The molecule has 0 bridgehead atoms. The molecule has 0 aliphatic rings. The molecule has 3 nitrogen and oxygen atoms in total. The molecule has 0 fully saturated rings. The van der Waals surface area contributed by atoms with Crippen LogP contribution in [-0.2, 0) is 4.74 Å². The molecule has 3 heteroatoms. The van der Waals surface area contributed by atoms with Crippen LogP contribution in [0.25, 0.3) is 0 Å². The van der Waals surface area contributed by atoms with Gasteiger partial charge in [0.25, 0.3) is 0 Å². The number of rotatable bonds is 8. The molecule has 18 heavy (non-hydrogen) atoms. The fraction of sp³-hybridized carbons (Fsp3) is 0.600. The molecule has 0 saturated carbocycles. The van der Waals surface area contributed by atoms with Gasteiger partial charge >= 0.3 is 0 Å². The monoisotopic (exact) mass is 251 g/mol. The summed E-state index contributed by atoms with van der Waals surface area (Å²) in [7, 11) is 1.71. The van der Waals surface area contributed by atoms with Gasteiger partial charge in [0.1, 0.15) is 5.75 Å². The maximum absolute atomic E-state index is 5.84. The summed E-state index contributed by atoms with van der Waals surface area (Å²) in [6.45, 7) is 8.79. The van der Waals surface area contributed by atoms with Crippen LogP contribution in [0, 0.1) is 6.92 Å². The SMILES string of the molecule is CCNC(C)c1cc(C)ccc1OCCCOC. The first-order valence-corrected chi connectivity index (χ1v) is 6.64. The summed E-state index contributed by atoms with van der Waals surface area (Å²) < 4.78 is 10.9. The summed E-state index contributed by atoms with van der Waals surface area (Å²) in [5, 5.41) is 3.43. The summed E-state index contributed by atoms with van der Waals surface area (Å²) in [6, 6.07) is 6.66.